The van der Waals surface area contributed by atoms with Crippen LogP contribution in [0.15, 0.2) is 18.2 Å². The maximum Gasteiger partial charge on any atom is 0.125 e. The summed E-state index contributed by atoms with van der Waals surface area (Å²) in [7, 11) is 3.18. The highest BCUT2D eigenvalue weighted by atomic mass is 16.5. The fraction of sp³-hybridized carbons (Fsp3) is 0.625. The number of aliphatic hydroxyl groups is 1. The molecule has 20 heavy (non-hydrogen) atoms. The van der Waals surface area contributed by atoms with Gasteiger partial charge in [0.2, 0.25) is 0 Å². The minimum absolute atomic E-state index is 0.235. The van der Waals surface area contributed by atoms with Crippen molar-refractivity contribution in [2.75, 3.05) is 27.4 Å². The zero-order valence-corrected chi connectivity index (χ0v) is 13.1. The Kier molecular flexibility index (Phi) is 6.30. The monoisotopic (exact) mass is 282 g/mol. The maximum absolute atomic E-state index is 10.2. The van der Waals surface area contributed by atoms with E-state index in [1.807, 2.05) is 0 Å². The van der Waals surface area contributed by atoms with E-state index in [1.54, 1.807) is 32.4 Å². The van der Waals surface area contributed by atoms with Crippen LogP contribution in [0, 0.1) is 5.41 Å². The van der Waals surface area contributed by atoms with Crippen molar-refractivity contribution in [3.8, 4) is 11.5 Å². The lowest BCUT2D eigenvalue weighted by atomic mass is 9.93. The van der Waals surface area contributed by atoms with E-state index in [0.717, 1.165) is 6.42 Å². The third-order valence-corrected chi connectivity index (χ3v) is 3.07. The Morgan fingerprint density at radius 1 is 1.15 bits per heavy atom. The van der Waals surface area contributed by atoms with Gasteiger partial charge >= 0.3 is 0 Å². The quantitative estimate of drug-likeness (QED) is 0.780. The smallest absolute Gasteiger partial charge is 0.125 e. The molecule has 1 atom stereocenters. The van der Waals surface area contributed by atoms with Crippen LogP contribution in [0.25, 0.3) is 0 Å². The van der Waals surface area contributed by atoms with Gasteiger partial charge in [-0.15, -0.1) is 0 Å². The number of hydrogen-bond acceptors (Lipinski definition) is 4. The van der Waals surface area contributed by atoms with Crippen molar-refractivity contribution in [3.05, 3.63) is 23.8 Å². The Morgan fingerprint density at radius 3 is 2.40 bits per heavy atom. The summed E-state index contributed by atoms with van der Waals surface area (Å²) in [6.45, 7) is 7.38. The summed E-state index contributed by atoms with van der Waals surface area (Å²) < 4.78 is 16.0. The van der Waals surface area contributed by atoms with Gasteiger partial charge in [-0.2, -0.15) is 0 Å². The Hall–Kier alpha value is -1.26. The Labute approximate surface area is 121 Å². The fourth-order valence-corrected chi connectivity index (χ4v) is 1.76. The maximum atomic E-state index is 10.2. The molecule has 0 saturated carbocycles. The highest BCUT2D eigenvalue weighted by Gasteiger charge is 2.16. The minimum Gasteiger partial charge on any atom is -0.497 e. The molecular formula is C16H26O4. The Bertz CT molecular complexity index is 409. The van der Waals surface area contributed by atoms with Gasteiger partial charge in [0.25, 0.3) is 0 Å². The van der Waals surface area contributed by atoms with E-state index in [1.165, 1.54) is 0 Å². The fourth-order valence-electron chi connectivity index (χ4n) is 1.76. The van der Waals surface area contributed by atoms with Gasteiger partial charge < -0.3 is 19.3 Å². The van der Waals surface area contributed by atoms with Crippen molar-refractivity contribution in [2.24, 2.45) is 5.41 Å². The minimum atomic E-state index is -0.722. The van der Waals surface area contributed by atoms with Gasteiger partial charge in [-0.25, -0.2) is 0 Å². The van der Waals surface area contributed by atoms with Crippen molar-refractivity contribution in [1.82, 2.24) is 0 Å². The highest BCUT2D eigenvalue weighted by Crippen LogP contribution is 2.29. The first-order chi connectivity index (χ1) is 9.37. The van der Waals surface area contributed by atoms with E-state index in [4.69, 9.17) is 14.2 Å². The zero-order chi connectivity index (χ0) is 15.2. The molecule has 4 nitrogen and oxygen atoms in total. The van der Waals surface area contributed by atoms with Gasteiger partial charge in [-0.3, -0.25) is 0 Å². The second-order valence-corrected chi connectivity index (χ2v) is 6.01. The number of rotatable bonds is 7. The lowest BCUT2D eigenvalue weighted by molar-refractivity contribution is 0.0252. The average molecular weight is 282 g/mol. The second kappa shape index (κ2) is 7.50. The summed E-state index contributed by atoms with van der Waals surface area (Å²) in [6, 6.07) is 5.36. The number of benzene rings is 1. The molecule has 1 rings (SSSR count). The summed E-state index contributed by atoms with van der Waals surface area (Å²) >= 11 is 0. The molecule has 0 fully saturated rings. The van der Waals surface area contributed by atoms with E-state index < -0.39 is 6.10 Å². The molecule has 114 valence electrons. The van der Waals surface area contributed by atoms with Gasteiger partial charge in [-0.1, -0.05) is 20.8 Å². The summed E-state index contributed by atoms with van der Waals surface area (Å²) in [5, 5.41) is 10.2. The van der Waals surface area contributed by atoms with Crippen molar-refractivity contribution in [1.29, 1.82) is 0 Å². The summed E-state index contributed by atoms with van der Waals surface area (Å²) in [5.74, 6) is 1.33. The van der Waals surface area contributed by atoms with E-state index in [9.17, 15) is 5.11 Å². The largest absolute Gasteiger partial charge is 0.497 e. The first-order valence-electron chi connectivity index (χ1n) is 6.85. The predicted octanol–water partition coefficient (Wildman–Crippen LogP) is 3.19. The summed E-state index contributed by atoms with van der Waals surface area (Å²) in [4.78, 5) is 0. The molecule has 0 aliphatic rings. The van der Waals surface area contributed by atoms with Gasteiger partial charge in [-0.05, 0) is 30.0 Å². The molecule has 1 N–H and O–H groups in total. The molecule has 0 heterocycles. The van der Waals surface area contributed by atoms with Crippen LogP contribution in [0.4, 0.5) is 0 Å². The molecule has 1 unspecified atom stereocenters. The Morgan fingerprint density at radius 2 is 1.85 bits per heavy atom. The first-order valence-corrected chi connectivity index (χ1v) is 6.85. The molecule has 1 aromatic carbocycles. The molecule has 0 radical (unpaired) electrons. The van der Waals surface area contributed by atoms with Gasteiger partial charge in [0.15, 0.2) is 0 Å². The number of ether oxygens (including phenoxy) is 3. The molecule has 0 aromatic heterocycles. The summed E-state index contributed by atoms with van der Waals surface area (Å²) in [5.41, 5.74) is 0.918. The van der Waals surface area contributed by atoms with Crippen LogP contribution in [0.2, 0.25) is 0 Å². The zero-order valence-electron chi connectivity index (χ0n) is 13.1. The van der Waals surface area contributed by atoms with Gasteiger partial charge in [0, 0.05) is 12.2 Å². The van der Waals surface area contributed by atoms with Crippen molar-refractivity contribution >= 4 is 0 Å². The molecule has 4 heteroatoms. The van der Waals surface area contributed by atoms with Crippen LogP contribution in [-0.2, 0) is 4.74 Å². The second-order valence-electron chi connectivity index (χ2n) is 6.01. The first kappa shape index (κ1) is 16.8. The summed E-state index contributed by atoms with van der Waals surface area (Å²) in [6.07, 6.45) is 0.231. The van der Waals surface area contributed by atoms with Crippen LogP contribution in [-0.4, -0.2) is 32.5 Å². The lowest BCUT2D eigenvalue weighted by Crippen LogP contribution is -2.13. The molecule has 0 aliphatic heterocycles. The number of aliphatic hydroxyl groups excluding tert-OH is 1. The van der Waals surface area contributed by atoms with Crippen molar-refractivity contribution in [3.63, 3.8) is 0 Å². The molecular weight excluding hydrogens is 256 g/mol. The van der Waals surface area contributed by atoms with Gasteiger partial charge in [0.05, 0.1) is 20.8 Å². The van der Waals surface area contributed by atoms with Crippen LogP contribution in [0.5, 0.6) is 11.5 Å². The standard InChI is InChI=1S/C16H26O4/c1-16(2,3)8-9-20-11-14(17)13-10-12(18-4)6-7-15(13)19-5/h6-7,10,14,17H,8-9,11H2,1-5H3. The topological polar surface area (TPSA) is 47.9 Å². The normalized spacial score (nSPS) is 13.1. The molecule has 1 aromatic rings. The number of methoxy groups -OCH3 is 2. The van der Waals surface area contributed by atoms with Crippen molar-refractivity contribution in [2.45, 2.75) is 33.3 Å². The van der Waals surface area contributed by atoms with E-state index in [0.29, 0.717) is 23.7 Å². The third-order valence-electron chi connectivity index (χ3n) is 3.07. The highest BCUT2D eigenvalue weighted by molar-refractivity contribution is 5.41. The van der Waals surface area contributed by atoms with E-state index >= 15 is 0 Å². The van der Waals surface area contributed by atoms with E-state index in [-0.39, 0.29) is 12.0 Å². The SMILES string of the molecule is COc1ccc(OC)c(C(O)COCCC(C)(C)C)c1. The van der Waals surface area contributed by atoms with Crippen molar-refractivity contribution < 1.29 is 19.3 Å². The molecule has 0 saturated heterocycles. The average Bonchev–Trinajstić information content (AvgIpc) is 2.41. The molecule has 0 bridgehead atoms. The van der Waals surface area contributed by atoms with Crippen LogP contribution in [0.3, 0.4) is 0 Å². The predicted molar refractivity (Wildman–Crippen MR) is 79.4 cm³/mol. The van der Waals surface area contributed by atoms with Crippen LogP contribution >= 0.6 is 0 Å². The molecule has 0 amide bonds. The molecule has 0 aliphatic carbocycles. The van der Waals surface area contributed by atoms with Crippen LogP contribution in [0.1, 0.15) is 38.9 Å². The molecule has 0 spiro atoms. The van der Waals surface area contributed by atoms with Crippen LogP contribution < -0.4 is 9.47 Å². The third kappa shape index (κ3) is 5.39. The Balaban J connectivity index is 2.60. The number of hydrogen-bond donors (Lipinski definition) is 1. The van der Waals surface area contributed by atoms with E-state index in [2.05, 4.69) is 20.8 Å². The lowest BCUT2D eigenvalue weighted by Gasteiger charge is -2.19. The van der Waals surface area contributed by atoms with Gasteiger partial charge in [0.1, 0.15) is 17.6 Å².